The van der Waals surface area contributed by atoms with Gasteiger partial charge in [0.2, 0.25) is 5.91 Å². The molecule has 0 aromatic heterocycles. The first-order valence-electron chi connectivity index (χ1n) is 8.78. The molecule has 0 saturated heterocycles. The second-order valence-corrected chi connectivity index (χ2v) is 5.95. The summed E-state index contributed by atoms with van der Waals surface area (Å²) in [5.74, 6) is 1.48. The van der Waals surface area contributed by atoms with Gasteiger partial charge in [-0.15, -0.1) is 0 Å². The van der Waals surface area contributed by atoms with E-state index in [4.69, 9.17) is 14.2 Å². The van der Waals surface area contributed by atoms with Gasteiger partial charge in [-0.1, -0.05) is 24.3 Å². The van der Waals surface area contributed by atoms with Crippen LogP contribution in [-0.4, -0.2) is 26.7 Å². The average molecular weight is 357 g/mol. The largest absolute Gasteiger partial charge is 0.497 e. The van der Waals surface area contributed by atoms with Gasteiger partial charge in [0, 0.05) is 25.6 Å². The second-order valence-electron chi connectivity index (χ2n) is 5.95. The molecule has 1 N–H and O–H groups in total. The molecule has 2 aromatic rings. The van der Waals surface area contributed by atoms with Crippen molar-refractivity contribution in [3.63, 3.8) is 0 Å². The highest BCUT2D eigenvalue weighted by Gasteiger charge is 2.06. The number of ether oxygens (including phenoxy) is 3. The van der Waals surface area contributed by atoms with Gasteiger partial charge in [-0.2, -0.15) is 0 Å². The van der Waals surface area contributed by atoms with Gasteiger partial charge in [-0.05, 0) is 42.2 Å². The van der Waals surface area contributed by atoms with Crippen LogP contribution in [0, 0.1) is 0 Å². The Labute approximate surface area is 155 Å². The lowest BCUT2D eigenvalue weighted by molar-refractivity contribution is -0.121. The van der Waals surface area contributed by atoms with Crippen LogP contribution in [0.2, 0.25) is 0 Å². The summed E-state index contributed by atoms with van der Waals surface area (Å²) in [6, 6.07) is 13.8. The van der Waals surface area contributed by atoms with Crippen LogP contribution in [0.25, 0.3) is 0 Å². The lowest BCUT2D eigenvalue weighted by atomic mass is 10.1. The maximum atomic E-state index is 12.1. The Balaban J connectivity index is 1.80. The molecule has 0 atom stereocenters. The number of hydrogen-bond acceptors (Lipinski definition) is 4. The van der Waals surface area contributed by atoms with Gasteiger partial charge >= 0.3 is 0 Å². The van der Waals surface area contributed by atoms with Gasteiger partial charge < -0.3 is 19.5 Å². The summed E-state index contributed by atoms with van der Waals surface area (Å²) in [4.78, 5) is 12.1. The summed E-state index contributed by atoms with van der Waals surface area (Å²) in [6.45, 7) is 3.82. The lowest BCUT2D eigenvalue weighted by Crippen LogP contribution is -2.23. The maximum absolute atomic E-state index is 12.1. The molecule has 0 unspecified atom stereocenters. The van der Waals surface area contributed by atoms with Gasteiger partial charge in [0.1, 0.15) is 11.5 Å². The predicted molar refractivity (Wildman–Crippen MR) is 101 cm³/mol. The van der Waals surface area contributed by atoms with Crippen LogP contribution >= 0.6 is 0 Å². The minimum atomic E-state index is 0.0187. The topological polar surface area (TPSA) is 56.8 Å². The van der Waals surface area contributed by atoms with Crippen molar-refractivity contribution in [1.82, 2.24) is 5.32 Å². The number of rotatable bonds is 10. The zero-order valence-electron chi connectivity index (χ0n) is 15.7. The number of methoxy groups -OCH3 is 2. The van der Waals surface area contributed by atoms with Crippen molar-refractivity contribution in [3.05, 3.63) is 59.2 Å². The molecule has 140 valence electrons. The Morgan fingerprint density at radius 3 is 2.12 bits per heavy atom. The van der Waals surface area contributed by atoms with Gasteiger partial charge in [0.05, 0.1) is 20.8 Å². The molecular weight excluding hydrogens is 330 g/mol. The molecule has 26 heavy (non-hydrogen) atoms. The molecule has 0 heterocycles. The van der Waals surface area contributed by atoms with Gasteiger partial charge in [0.15, 0.2) is 0 Å². The van der Waals surface area contributed by atoms with E-state index in [0.717, 1.165) is 28.2 Å². The van der Waals surface area contributed by atoms with Crippen LogP contribution in [0.4, 0.5) is 0 Å². The molecule has 0 fully saturated rings. The van der Waals surface area contributed by atoms with E-state index >= 15 is 0 Å². The SMILES string of the molecule is CCOCc1ccc(CNC(=O)CCc2cc(OC)cc(OC)c2)cc1. The summed E-state index contributed by atoms with van der Waals surface area (Å²) >= 11 is 0. The van der Waals surface area contributed by atoms with E-state index in [1.807, 2.05) is 49.4 Å². The van der Waals surface area contributed by atoms with Crippen molar-refractivity contribution in [2.45, 2.75) is 32.9 Å². The van der Waals surface area contributed by atoms with Crippen molar-refractivity contribution < 1.29 is 19.0 Å². The van der Waals surface area contributed by atoms with Crippen LogP contribution in [0.5, 0.6) is 11.5 Å². The maximum Gasteiger partial charge on any atom is 0.220 e. The minimum Gasteiger partial charge on any atom is -0.497 e. The first kappa shape index (κ1) is 19.8. The van der Waals surface area contributed by atoms with Crippen molar-refractivity contribution in [3.8, 4) is 11.5 Å². The molecule has 0 bridgehead atoms. The van der Waals surface area contributed by atoms with Crippen LogP contribution in [-0.2, 0) is 29.1 Å². The second kappa shape index (κ2) is 10.5. The Bertz CT molecular complexity index is 675. The molecular formula is C21H27NO4. The monoisotopic (exact) mass is 357 g/mol. The molecule has 0 saturated carbocycles. The van der Waals surface area contributed by atoms with E-state index in [0.29, 0.717) is 32.6 Å². The van der Waals surface area contributed by atoms with E-state index in [2.05, 4.69) is 5.32 Å². The van der Waals surface area contributed by atoms with Crippen LogP contribution in [0.15, 0.2) is 42.5 Å². The third-order valence-corrected chi connectivity index (χ3v) is 4.04. The standard InChI is InChI=1S/C21H27NO4/c1-4-26-15-17-7-5-16(6-8-17)14-22-21(23)10-9-18-11-19(24-2)13-20(12-18)25-3/h5-8,11-13H,4,9-10,14-15H2,1-3H3,(H,22,23). The normalized spacial score (nSPS) is 10.4. The van der Waals surface area contributed by atoms with Crippen molar-refractivity contribution in [2.75, 3.05) is 20.8 Å². The fourth-order valence-electron chi connectivity index (χ4n) is 2.53. The predicted octanol–water partition coefficient (Wildman–Crippen LogP) is 3.49. The Morgan fingerprint density at radius 2 is 1.54 bits per heavy atom. The van der Waals surface area contributed by atoms with E-state index in [1.165, 1.54) is 0 Å². The Morgan fingerprint density at radius 1 is 0.923 bits per heavy atom. The molecule has 5 nitrogen and oxygen atoms in total. The van der Waals surface area contributed by atoms with Crippen molar-refractivity contribution in [2.24, 2.45) is 0 Å². The number of carbonyl (C=O) groups is 1. The van der Waals surface area contributed by atoms with Gasteiger partial charge in [-0.3, -0.25) is 4.79 Å². The molecule has 0 aliphatic heterocycles. The molecule has 0 radical (unpaired) electrons. The van der Waals surface area contributed by atoms with Gasteiger partial charge in [0.25, 0.3) is 0 Å². The highest BCUT2D eigenvalue weighted by molar-refractivity contribution is 5.76. The fourth-order valence-corrected chi connectivity index (χ4v) is 2.53. The Hall–Kier alpha value is -2.53. The summed E-state index contributed by atoms with van der Waals surface area (Å²) in [6.07, 6.45) is 1.05. The van der Waals surface area contributed by atoms with Crippen LogP contribution in [0.3, 0.4) is 0 Å². The average Bonchev–Trinajstić information content (AvgIpc) is 2.69. The molecule has 5 heteroatoms. The molecule has 0 aliphatic carbocycles. The third-order valence-electron chi connectivity index (χ3n) is 4.04. The summed E-state index contributed by atoms with van der Waals surface area (Å²) < 4.78 is 15.9. The van der Waals surface area contributed by atoms with E-state index in [1.54, 1.807) is 14.2 Å². The number of nitrogens with one attached hydrogen (secondary N) is 1. The highest BCUT2D eigenvalue weighted by atomic mass is 16.5. The molecule has 2 rings (SSSR count). The van der Waals surface area contributed by atoms with Crippen molar-refractivity contribution in [1.29, 1.82) is 0 Å². The molecule has 2 aromatic carbocycles. The zero-order chi connectivity index (χ0) is 18.8. The van der Waals surface area contributed by atoms with Crippen LogP contribution in [0.1, 0.15) is 30.0 Å². The zero-order valence-corrected chi connectivity index (χ0v) is 15.7. The minimum absolute atomic E-state index is 0.0187. The summed E-state index contributed by atoms with van der Waals surface area (Å²) in [5, 5.41) is 2.96. The molecule has 0 spiro atoms. The van der Waals surface area contributed by atoms with Gasteiger partial charge in [-0.25, -0.2) is 0 Å². The highest BCUT2D eigenvalue weighted by Crippen LogP contribution is 2.23. The quantitative estimate of drug-likeness (QED) is 0.707. The lowest BCUT2D eigenvalue weighted by Gasteiger charge is -2.09. The number of amides is 1. The number of benzene rings is 2. The number of hydrogen-bond donors (Lipinski definition) is 1. The fraction of sp³-hybridized carbons (Fsp3) is 0.381. The van der Waals surface area contributed by atoms with E-state index < -0.39 is 0 Å². The first-order valence-corrected chi connectivity index (χ1v) is 8.78. The van der Waals surface area contributed by atoms with Crippen LogP contribution < -0.4 is 14.8 Å². The summed E-state index contributed by atoms with van der Waals surface area (Å²) in [7, 11) is 3.23. The number of carbonyl (C=O) groups excluding carboxylic acids is 1. The third kappa shape index (κ3) is 6.41. The van der Waals surface area contributed by atoms with Crippen molar-refractivity contribution >= 4 is 5.91 Å². The number of aryl methyl sites for hydroxylation is 1. The first-order chi connectivity index (χ1) is 12.6. The van der Waals surface area contributed by atoms with E-state index in [-0.39, 0.29) is 5.91 Å². The van der Waals surface area contributed by atoms with E-state index in [9.17, 15) is 4.79 Å². The smallest absolute Gasteiger partial charge is 0.220 e. The summed E-state index contributed by atoms with van der Waals surface area (Å²) in [5.41, 5.74) is 3.21. The molecule has 1 amide bonds. The Kier molecular flexibility index (Phi) is 7.96. The molecule has 0 aliphatic rings.